The van der Waals surface area contributed by atoms with Crippen LogP contribution in [-0.2, 0) is 0 Å². The molecule has 0 radical (unpaired) electrons. The average Bonchev–Trinajstić information content (AvgIpc) is 2.45. The van der Waals surface area contributed by atoms with Crippen LogP contribution in [0.5, 0.6) is 0 Å². The first kappa shape index (κ1) is 10.5. The monoisotopic (exact) mass is 229 g/mol. The molecule has 0 amide bonds. The summed E-state index contributed by atoms with van der Waals surface area (Å²) in [5, 5.41) is 0. The molecule has 0 spiro atoms. The van der Waals surface area contributed by atoms with E-state index in [0.717, 1.165) is 10.8 Å². The summed E-state index contributed by atoms with van der Waals surface area (Å²) in [6.07, 6.45) is 6.21. The fraction of sp³-hybridized carbons (Fsp3) is 0.636. The van der Waals surface area contributed by atoms with Gasteiger partial charge < -0.3 is 5.73 Å². The molecular weight excluding hydrogens is 214 g/mol. The van der Waals surface area contributed by atoms with Crippen molar-refractivity contribution in [3.05, 3.63) is 21.3 Å². The molecule has 1 aromatic rings. The first-order valence-electron chi connectivity index (χ1n) is 5.26. The molecule has 1 nitrogen and oxygen atoms in total. The average molecular weight is 230 g/mol. The van der Waals surface area contributed by atoms with Gasteiger partial charge in [0.2, 0.25) is 0 Å². The van der Waals surface area contributed by atoms with Crippen LogP contribution in [-0.4, -0.2) is 6.04 Å². The van der Waals surface area contributed by atoms with Crippen LogP contribution in [0.2, 0.25) is 4.34 Å². The van der Waals surface area contributed by atoms with Crippen molar-refractivity contribution >= 4 is 22.9 Å². The van der Waals surface area contributed by atoms with E-state index in [4.69, 9.17) is 17.3 Å². The summed E-state index contributed by atoms with van der Waals surface area (Å²) in [6.45, 7) is 0. The standard InChI is InChI=1S/C11H16ClNS/c12-11-6-5-10(14-11)8-3-1-2-4-9(13)7-8/h5-6,8-9H,1-4,7,13H2. The largest absolute Gasteiger partial charge is 0.328 e. The summed E-state index contributed by atoms with van der Waals surface area (Å²) >= 11 is 7.66. The lowest BCUT2D eigenvalue weighted by Gasteiger charge is -2.14. The van der Waals surface area contributed by atoms with Crippen LogP contribution in [0, 0.1) is 0 Å². The Bertz CT molecular complexity index is 297. The maximum Gasteiger partial charge on any atom is 0.0931 e. The second kappa shape index (κ2) is 4.65. The third-order valence-corrected chi connectivity index (χ3v) is 4.35. The minimum atomic E-state index is 0.392. The van der Waals surface area contributed by atoms with Crippen molar-refractivity contribution in [2.75, 3.05) is 0 Å². The van der Waals surface area contributed by atoms with Gasteiger partial charge in [-0.3, -0.25) is 0 Å². The molecule has 2 unspecified atom stereocenters. The molecule has 78 valence electrons. The molecule has 0 aromatic carbocycles. The summed E-state index contributed by atoms with van der Waals surface area (Å²) in [4.78, 5) is 1.42. The van der Waals surface area contributed by atoms with E-state index in [9.17, 15) is 0 Å². The lowest BCUT2D eigenvalue weighted by atomic mass is 9.97. The maximum atomic E-state index is 6.04. The van der Waals surface area contributed by atoms with E-state index in [2.05, 4.69) is 6.07 Å². The van der Waals surface area contributed by atoms with Gasteiger partial charge in [0.15, 0.2) is 0 Å². The lowest BCUT2D eigenvalue weighted by Crippen LogP contribution is -2.20. The van der Waals surface area contributed by atoms with Crippen molar-refractivity contribution in [1.29, 1.82) is 0 Å². The number of nitrogens with two attached hydrogens (primary N) is 1. The highest BCUT2D eigenvalue weighted by molar-refractivity contribution is 7.16. The lowest BCUT2D eigenvalue weighted by molar-refractivity contribution is 0.541. The topological polar surface area (TPSA) is 26.0 Å². The van der Waals surface area contributed by atoms with Gasteiger partial charge in [0, 0.05) is 10.9 Å². The quantitative estimate of drug-likeness (QED) is 0.729. The molecule has 1 aliphatic carbocycles. The number of rotatable bonds is 1. The molecule has 2 atom stereocenters. The SMILES string of the molecule is NC1CCCCC(c2ccc(Cl)s2)C1. The Morgan fingerprint density at radius 2 is 2.07 bits per heavy atom. The van der Waals surface area contributed by atoms with Crippen LogP contribution < -0.4 is 5.73 Å². The Morgan fingerprint density at radius 1 is 1.29 bits per heavy atom. The zero-order valence-corrected chi connectivity index (χ0v) is 9.78. The highest BCUT2D eigenvalue weighted by Gasteiger charge is 2.20. The Labute approximate surface area is 94.3 Å². The number of hydrogen-bond acceptors (Lipinski definition) is 2. The molecule has 1 aromatic heterocycles. The fourth-order valence-electron chi connectivity index (χ4n) is 2.20. The number of halogens is 1. The van der Waals surface area contributed by atoms with Crippen molar-refractivity contribution in [3.8, 4) is 0 Å². The van der Waals surface area contributed by atoms with Gasteiger partial charge in [-0.15, -0.1) is 11.3 Å². The molecule has 2 rings (SSSR count). The molecular formula is C11H16ClNS. The van der Waals surface area contributed by atoms with Gasteiger partial charge in [-0.05, 0) is 37.3 Å². The van der Waals surface area contributed by atoms with E-state index in [0.29, 0.717) is 12.0 Å². The van der Waals surface area contributed by atoms with E-state index in [1.165, 1.54) is 30.6 Å². The first-order valence-corrected chi connectivity index (χ1v) is 6.46. The summed E-state index contributed by atoms with van der Waals surface area (Å²) in [6, 6.07) is 4.55. The summed E-state index contributed by atoms with van der Waals surface area (Å²) in [7, 11) is 0. The molecule has 1 aliphatic rings. The Morgan fingerprint density at radius 3 is 2.79 bits per heavy atom. The van der Waals surface area contributed by atoms with Crippen molar-refractivity contribution in [1.82, 2.24) is 0 Å². The summed E-state index contributed by atoms with van der Waals surface area (Å²) in [5.41, 5.74) is 6.04. The molecule has 0 saturated heterocycles. The van der Waals surface area contributed by atoms with Crippen molar-refractivity contribution < 1.29 is 0 Å². The molecule has 3 heteroatoms. The molecule has 1 fully saturated rings. The Balaban J connectivity index is 2.08. The Hall–Kier alpha value is -0.0500. The first-order chi connectivity index (χ1) is 6.75. The van der Waals surface area contributed by atoms with Gasteiger partial charge in [-0.25, -0.2) is 0 Å². The number of thiophene rings is 1. The van der Waals surface area contributed by atoms with Crippen LogP contribution in [0.1, 0.15) is 42.9 Å². The van der Waals surface area contributed by atoms with Gasteiger partial charge in [0.1, 0.15) is 0 Å². The van der Waals surface area contributed by atoms with Crippen molar-refractivity contribution in [2.24, 2.45) is 5.73 Å². The van der Waals surface area contributed by atoms with Gasteiger partial charge >= 0.3 is 0 Å². The second-order valence-corrected chi connectivity index (χ2v) is 5.87. The summed E-state index contributed by atoms with van der Waals surface area (Å²) in [5.74, 6) is 0.657. The minimum Gasteiger partial charge on any atom is -0.328 e. The zero-order chi connectivity index (χ0) is 9.97. The molecule has 14 heavy (non-hydrogen) atoms. The van der Waals surface area contributed by atoms with Crippen molar-refractivity contribution in [2.45, 2.75) is 44.1 Å². The fourth-order valence-corrected chi connectivity index (χ4v) is 3.41. The van der Waals surface area contributed by atoms with Gasteiger partial charge in [0.25, 0.3) is 0 Å². The third kappa shape index (κ3) is 2.50. The molecule has 1 saturated carbocycles. The van der Waals surface area contributed by atoms with Crippen LogP contribution in [0.15, 0.2) is 12.1 Å². The van der Waals surface area contributed by atoms with Crippen LogP contribution >= 0.6 is 22.9 Å². The zero-order valence-electron chi connectivity index (χ0n) is 8.21. The smallest absolute Gasteiger partial charge is 0.0931 e. The van der Waals surface area contributed by atoms with Crippen LogP contribution in [0.4, 0.5) is 0 Å². The highest BCUT2D eigenvalue weighted by atomic mass is 35.5. The highest BCUT2D eigenvalue weighted by Crippen LogP contribution is 2.36. The predicted octanol–water partition coefficient (Wildman–Crippen LogP) is 3.78. The van der Waals surface area contributed by atoms with Gasteiger partial charge in [0.05, 0.1) is 4.34 Å². The molecule has 1 heterocycles. The van der Waals surface area contributed by atoms with E-state index in [1.54, 1.807) is 11.3 Å². The van der Waals surface area contributed by atoms with E-state index in [-0.39, 0.29) is 0 Å². The van der Waals surface area contributed by atoms with E-state index in [1.807, 2.05) is 6.07 Å². The second-order valence-electron chi connectivity index (χ2n) is 4.12. The maximum absolute atomic E-state index is 6.04. The normalized spacial score (nSPS) is 28.7. The summed E-state index contributed by atoms with van der Waals surface area (Å²) < 4.78 is 0.901. The van der Waals surface area contributed by atoms with Crippen LogP contribution in [0.3, 0.4) is 0 Å². The van der Waals surface area contributed by atoms with Gasteiger partial charge in [-0.1, -0.05) is 24.4 Å². The minimum absolute atomic E-state index is 0.392. The molecule has 2 N–H and O–H groups in total. The van der Waals surface area contributed by atoms with E-state index < -0.39 is 0 Å². The molecule has 0 bridgehead atoms. The Kier molecular flexibility index (Phi) is 3.47. The third-order valence-electron chi connectivity index (χ3n) is 2.96. The van der Waals surface area contributed by atoms with E-state index >= 15 is 0 Å². The number of hydrogen-bond donors (Lipinski definition) is 1. The molecule has 0 aliphatic heterocycles. The van der Waals surface area contributed by atoms with Crippen molar-refractivity contribution in [3.63, 3.8) is 0 Å². The van der Waals surface area contributed by atoms with Gasteiger partial charge in [-0.2, -0.15) is 0 Å². The predicted molar refractivity (Wildman–Crippen MR) is 63.1 cm³/mol. The van der Waals surface area contributed by atoms with Crippen LogP contribution in [0.25, 0.3) is 0 Å².